The maximum Gasteiger partial charge on any atom is 0.0707 e. The number of rotatable bonds is 23. The Labute approximate surface area is 171 Å². The molecule has 8 nitrogen and oxygen atoms in total. The van der Waals surface area contributed by atoms with Gasteiger partial charge in [0, 0.05) is 34.0 Å². The molecule has 0 rings (SSSR count). The summed E-state index contributed by atoms with van der Waals surface area (Å²) in [4.78, 5) is 0. The summed E-state index contributed by atoms with van der Waals surface area (Å²) < 4.78 is 43.4. The van der Waals surface area contributed by atoms with Crippen LogP contribution >= 0.6 is 0 Å². The Balaban J connectivity index is 3.94. The summed E-state index contributed by atoms with van der Waals surface area (Å²) in [6.45, 7) is 11.8. The fraction of sp³-hybridized carbons (Fsp3) is 1.00. The van der Waals surface area contributed by atoms with Gasteiger partial charge in [-0.15, -0.1) is 0 Å². The maximum absolute atomic E-state index is 6.07. The fourth-order valence-electron chi connectivity index (χ4n) is 2.27. The summed E-state index contributed by atoms with van der Waals surface area (Å²) in [5.74, 6) is 0. The highest BCUT2D eigenvalue weighted by atomic mass is 16.6. The monoisotopic (exact) mass is 410 g/mol. The first-order valence-electron chi connectivity index (χ1n) is 10.2. The molecule has 28 heavy (non-hydrogen) atoms. The molecule has 0 aromatic carbocycles. The van der Waals surface area contributed by atoms with Gasteiger partial charge in [0.25, 0.3) is 0 Å². The van der Waals surface area contributed by atoms with E-state index in [2.05, 4.69) is 6.92 Å². The van der Waals surface area contributed by atoms with Crippen LogP contribution in [0.4, 0.5) is 0 Å². The standard InChI is InChI=1S/C20H42O8/c1-5-23-18-19-28-20(2,6-8-24-14-16-26-12-10-21-3)7-9-25-15-17-27-13-11-22-4/h5-19H2,1-4H3. The van der Waals surface area contributed by atoms with Crippen molar-refractivity contribution >= 4 is 0 Å². The highest BCUT2D eigenvalue weighted by Crippen LogP contribution is 2.20. The molecular weight excluding hydrogens is 368 g/mol. The zero-order valence-electron chi connectivity index (χ0n) is 18.4. The zero-order chi connectivity index (χ0) is 20.8. The number of ether oxygens (including phenoxy) is 8. The number of hydrogen-bond acceptors (Lipinski definition) is 8. The van der Waals surface area contributed by atoms with Crippen molar-refractivity contribution in [3.05, 3.63) is 0 Å². The molecule has 0 spiro atoms. The Morgan fingerprint density at radius 2 is 0.893 bits per heavy atom. The minimum atomic E-state index is -0.315. The smallest absolute Gasteiger partial charge is 0.0707 e. The lowest BCUT2D eigenvalue weighted by atomic mass is 9.98. The first-order chi connectivity index (χ1) is 13.7. The normalized spacial score (nSPS) is 12.0. The summed E-state index contributed by atoms with van der Waals surface area (Å²) in [6.07, 6.45) is 1.57. The average molecular weight is 411 g/mol. The van der Waals surface area contributed by atoms with Gasteiger partial charge in [0.2, 0.25) is 0 Å². The molecule has 0 heterocycles. The Hall–Kier alpha value is -0.320. The Kier molecular flexibility index (Phi) is 21.1. The first-order valence-corrected chi connectivity index (χ1v) is 10.2. The molecular formula is C20H42O8. The summed E-state index contributed by atoms with van der Waals surface area (Å²) >= 11 is 0. The van der Waals surface area contributed by atoms with E-state index in [0.29, 0.717) is 85.9 Å². The molecule has 0 saturated heterocycles. The molecule has 0 aromatic heterocycles. The van der Waals surface area contributed by atoms with E-state index in [0.717, 1.165) is 12.8 Å². The van der Waals surface area contributed by atoms with Crippen molar-refractivity contribution in [2.75, 3.05) is 100 Å². The summed E-state index contributed by atoms with van der Waals surface area (Å²) in [7, 11) is 3.31. The van der Waals surface area contributed by atoms with Gasteiger partial charge in [0.1, 0.15) is 0 Å². The van der Waals surface area contributed by atoms with E-state index in [9.17, 15) is 0 Å². The largest absolute Gasteiger partial charge is 0.382 e. The molecule has 0 unspecified atom stereocenters. The third kappa shape index (κ3) is 19.0. The summed E-state index contributed by atoms with van der Waals surface area (Å²) in [5, 5.41) is 0. The van der Waals surface area contributed by atoms with E-state index in [-0.39, 0.29) is 5.60 Å². The van der Waals surface area contributed by atoms with E-state index in [1.165, 1.54) is 0 Å². The van der Waals surface area contributed by atoms with E-state index in [4.69, 9.17) is 37.9 Å². The van der Waals surface area contributed by atoms with Crippen LogP contribution in [-0.4, -0.2) is 106 Å². The third-order valence-electron chi connectivity index (χ3n) is 4.04. The van der Waals surface area contributed by atoms with E-state index < -0.39 is 0 Å². The van der Waals surface area contributed by atoms with Gasteiger partial charge >= 0.3 is 0 Å². The second kappa shape index (κ2) is 21.4. The highest BCUT2D eigenvalue weighted by Gasteiger charge is 2.24. The predicted octanol–water partition coefficient (Wildman–Crippen LogP) is 1.94. The lowest BCUT2D eigenvalue weighted by Crippen LogP contribution is -2.34. The Morgan fingerprint density at radius 1 is 0.500 bits per heavy atom. The average Bonchev–Trinajstić information content (AvgIpc) is 2.69. The summed E-state index contributed by atoms with van der Waals surface area (Å²) in [5.41, 5.74) is -0.315. The molecule has 0 bridgehead atoms. The molecule has 0 fully saturated rings. The van der Waals surface area contributed by atoms with Crippen molar-refractivity contribution in [2.24, 2.45) is 0 Å². The van der Waals surface area contributed by atoms with Crippen LogP contribution in [0.15, 0.2) is 0 Å². The molecule has 0 radical (unpaired) electrons. The van der Waals surface area contributed by atoms with Crippen molar-refractivity contribution in [3.63, 3.8) is 0 Å². The van der Waals surface area contributed by atoms with Crippen molar-refractivity contribution in [3.8, 4) is 0 Å². The first kappa shape index (κ1) is 27.7. The Morgan fingerprint density at radius 3 is 1.32 bits per heavy atom. The van der Waals surface area contributed by atoms with E-state index in [1.54, 1.807) is 14.2 Å². The van der Waals surface area contributed by atoms with Crippen molar-refractivity contribution in [1.29, 1.82) is 0 Å². The number of methoxy groups -OCH3 is 2. The van der Waals surface area contributed by atoms with Crippen molar-refractivity contribution in [2.45, 2.75) is 32.3 Å². The van der Waals surface area contributed by atoms with Crippen LogP contribution < -0.4 is 0 Å². The molecule has 170 valence electrons. The topological polar surface area (TPSA) is 73.8 Å². The van der Waals surface area contributed by atoms with Crippen molar-refractivity contribution in [1.82, 2.24) is 0 Å². The van der Waals surface area contributed by atoms with Crippen LogP contribution in [0, 0.1) is 0 Å². The second-order valence-electron chi connectivity index (χ2n) is 6.43. The van der Waals surface area contributed by atoms with E-state index >= 15 is 0 Å². The molecule has 0 aliphatic heterocycles. The lowest BCUT2D eigenvalue weighted by Gasteiger charge is -2.30. The van der Waals surface area contributed by atoms with Crippen LogP contribution in [0.1, 0.15) is 26.7 Å². The lowest BCUT2D eigenvalue weighted by molar-refractivity contribution is -0.0904. The van der Waals surface area contributed by atoms with Crippen LogP contribution in [0.2, 0.25) is 0 Å². The third-order valence-corrected chi connectivity index (χ3v) is 4.04. The van der Waals surface area contributed by atoms with Crippen LogP contribution in [0.5, 0.6) is 0 Å². The number of hydrogen-bond donors (Lipinski definition) is 0. The van der Waals surface area contributed by atoms with Crippen LogP contribution in [-0.2, 0) is 37.9 Å². The molecule has 0 N–H and O–H groups in total. The van der Waals surface area contributed by atoms with Gasteiger partial charge < -0.3 is 37.9 Å². The Bertz CT molecular complexity index is 284. The van der Waals surface area contributed by atoms with Gasteiger partial charge in [-0.05, 0) is 26.7 Å². The molecule has 0 aromatic rings. The second-order valence-corrected chi connectivity index (χ2v) is 6.43. The van der Waals surface area contributed by atoms with Crippen LogP contribution in [0.25, 0.3) is 0 Å². The van der Waals surface area contributed by atoms with Crippen molar-refractivity contribution < 1.29 is 37.9 Å². The molecule has 0 aliphatic rings. The van der Waals surface area contributed by atoms with Gasteiger partial charge in [-0.25, -0.2) is 0 Å². The SMILES string of the molecule is CCOCCOC(C)(CCOCCOCCOC)CCOCCOCCOC. The summed E-state index contributed by atoms with van der Waals surface area (Å²) in [6, 6.07) is 0. The predicted molar refractivity (Wildman–Crippen MR) is 107 cm³/mol. The van der Waals surface area contributed by atoms with Gasteiger partial charge in [0.15, 0.2) is 0 Å². The van der Waals surface area contributed by atoms with Gasteiger partial charge in [-0.1, -0.05) is 0 Å². The van der Waals surface area contributed by atoms with Gasteiger partial charge in [-0.3, -0.25) is 0 Å². The minimum absolute atomic E-state index is 0.315. The fourth-order valence-corrected chi connectivity index (χ4v) is 2.27. The van der Waals surface area contributed by atoms with Gasteiger partial charge in [-0.2, -0.15) is 0 Å². The zero-order valence-corrected chi connectivity index (χ0v) is 18.4. The quantitative estimate of drug-likeness (QED) is 0.237. The molecule has 0 atom stereocenters. The molecule has 0 aliphatic carbocycles. The van der Waals surface area contributed by atoms with Crippen LogP contribution in [0.3, 0.4) is 0 Å². The van der Waals surface area contributed by atoms with Gasteiger partial charge in [0.05, 0.1) is 71.7 Å². The molecule has 0 saturated carbocycles. The maximum atomic E-state index is 6.07. The minimum Gasteiger partial charge on any atom is -0.382 e. The molecule has 8 heteroatoms. The highest BCUT2D eigenvalue weighted by molar-refractivity contribution is 4.75. The molecule has 0 amide bonds. The van der Waals surface area contributed by atoms with E-state index in [1.807, 2.05) is 6.92 Å².